The molecule has 1 aromatic carbocycles. The zero-order valence-electron chi connectivity index (χ0n) is 10.5. The van der Waals surface area contributed by atoms with Crippen molar-refractivity contribution in [3.05, 3.63) is 54.4 Å². The van der Waals surface area contributed by atoms with Crippen LogP contribution in [0.4, 0.5) is 5.69 Å². The summed E-state index contributed by atoms with van der Waals surface area (Å²) in [6.45, 7) is 0.973. The van der Waals surface area contributed by atoms with Crippen LogP contribution in [0, 0.1) is 0 Å². The van der Waals surface area contributed by atoms with Gasteiger partial charge in [0.05, 0.1) is 0 Å². The number of hydrogen-bond donors (Lipinski definition) is 1. The molecule has 0 atom stereocenters. The Morgan fingerprint density at radius 3 is 2.95 bits per heavy atom. The van der Waals surface area contributed by atoms with Gasteiger partial charge in [-0.3, -0.25) is 4.79 Å². The highest BCUT2D eigenvalue weighted by Crippen LogP contribution is 2.27. The number of benzene rings is 1. The number of carbonyl (C=O) groups excluding carboxylic acids is 1. The third-order valence-electron chi connectivity index (χ3n) is 3.35. The summed E-state index contributed by atoms with van der Waals surface area (Å²) in [6.07, 6.45) is 4.24. The van der Waals surface area contributed by atoms with Gasteiger partial charge in [0.1, 0.15) is 0 Å². The average molecular weight is 255 g/mol. The molecule has 1 amide bonds. The number of para-hydroxylation sites is 1. The summed E-state index contributed by atoms with van der Waals surface area (Å²) in [4.78, 5) is 14.1. The van der Waals surface area contributed by atoms with Crippen LogP contribution in [0.2, 0.25) is 0 Å². The van der Waals surface area contributed by atoms with Gasteiger partial charge >= 0.3 is 0 Å². The Morgan fingerprint density at radius 2 is 2.11 bits per heavy atom. The maximum absolute atomic E-state index is 12.3. The molecule has 1 aliphatic rings. The molecule has 0 saturated carbocycles. The number of rotatable bonds is 2. The summed E-state index contributed by atoms with van der Waals surface area (Å²) in [6, 6.07) is 11.3. The van der Waals surface area contributed by atoms with Crippen LogP contribution in [-0.4, -0.2) is 17.6 Å². The Bertz CT molecular complexity index is 625. The van der Waals surface area contributed by atoms with Gasteiger partial charge < -0.3 is 10.0 Å². The van der Waals surface area contributed by atoms with E-state index in [-0.39, 0.29) is 18.2 Å². The number of nitrogens with zero attached hydrogens (tertiary/aromatic N) is 2. The molecule has 1 aromatic heterocycles. The van der Waals surface area contributed by atoms with Crippen molar-refractivity contribution in [2.45, 2.75) is 13.0 Å². The van der Waals surface area contributed by atoms with Gasteiger partial charge in [0.15, 0.2) is 11.9 Å². The summed E-state index contributed by atoms with van der Waals surface area (Å²) < 4.78 is 1.69. The molecule has 0 fully saturated rings. The molecule has 3 rings (SSSR count). The van der Waals surface area contributed by atoms with Gasteiger partial charge in [-0.05, 0) is 24.1 Å². The monoisotopic (exact) mass is 255 g/mol. The molecule has 1 N–H and O–H groups in total. The third-order valence-corrected chi connectivity index (χ3v) is 3.35. The Labute approximate surface area is 111 Å². The SMILES string of the molecule is O=C(C[n+]1cccc(O)c1)N1CCc2ccccc21. The highest BCUT2D eigenvalue weighted by atomic mass is 16.3. The molecule has 0 bridgehead atoms. The van der Waals surface area contributed by atoms with E-state index in [0.29, 0.717) is 0 Å². The first kappa shape index (κ1) is 11.7. The zero-order valence-corrected chi connectivity index (χ0v) is 10.5. The second-order valence-electron chi connectivity index (χ2n) is 4.66. The molecule has 0 radical (unpaired) electrons. The van der Waals surface area contributed by atoms with Gasteiger partial charge in [-0.25, -0.2) is 0 Å². The van der Waals surface area contributed by atoms with Crippen molar-refractivity contribution in [3.63, 3.8) is 0 Å². The average Bonchev–Trinajstić information content (AvgIpc) is 2.82. The van der Waals surface area contributed by atoms with Crippen LogP contribution in [0.5, 0.6) is 5.75 Å². The molecule has 0 saturated heterocycles. The molecule has 19 heavy (non-hydrogen) atoms. The summed E-state index contributed by atoms with van der Waals surface area (Å²) >= 11 is 0. The molecule has 4 heteroatoms. The van der Waals surface area contributed by atoms with Crippen LogP contribution in [0.15, 0.2) is 48.8 Å². The molecule has 0 spiro atoms. The topological polar surface area (TPSA) is 44.4 Å². The van der Waals surface area contributed by atoms with Gasteiger partial charge in [0, 0.05) is 18.3 Å². The molecule has 2 heterocycles. The zero-order chi connectivity index (χ0) is 13.2. The van der Waals surface area contributed by atoms with E-state index in [1.165, 1.54) is 5.56 Å². The molecule has 1 aliphatic heterocycles. The summed E-state index contributed by atoms with van der Waals surface area (Å²) in [7, 11) is 0. The Kier molecular flexibility index (Phi) is 2.91. The van der Waals surface area contributed by atoms with Crippen molar-refractivity contribution in [1.29, 1.82) is 0 Å². The van der Waals surface area contributed by atoms with Crippen molar-refractivity contribution >= 4 is 11.6 Å². The van der Waals surface area contributed by atoms with E-state index in [2.05, 4.69) is 6.07 Å². The fourth-order valence-electron chi connectivity index (χ4n) is 2.45. The van der Waals surface area contributed by atoms with Crippen molar-refractivity contribution in [1.82, 2.24) is 0 Å². The van der Waals surface area contributed by atoms with Gasteiger partial charge in [0.2, 0.25) is 12.7 Å². The number of aromatic hydroxyl groups is 1. The number of pyridine rings is 1. The van der Waals surface area contributed by atoms with E-state index in [9.17, 15) is 9.90 Å². The lowest BCUT2D eigenvalue weighted by Crippen LogP contribution is -2.44. The Balaban J connectivity index is 1.79. The highest BCUT2D eigenvalue weighted by molar-refractivity contribution is 5.94. The fourth-order valence-corrected chi connectivity index (χ4v) is 2.45. The van der Waals surface area contributed by atoms with Gasteiger partial charge in [-0.2, -0.15) is 4.57 Å². The maximum Gasteiger partial charge on any atom is 0.292 e. The second-order valence-corrected chi connectivity index (χ2v) is 4.66. The molecule has 0 unspecified atom stereocenters. The maximum atomic E-state index is 12.3. The molecule has 4 nitrogen and oxygen atoms in total. The van der Waals surface area contributed by atoms with Crippen molar-refractivity contribution in [2.75, 3.05) is 11.4 Å². The van der Waals surface area contributed by atoms with E-state index in [4.69, 9.17) is 0 Å². The number of carbonyl (C=O) groups is 1. The van der Waals surface area contributed by atoms with Crippen LogP contribution in [0.25, 0.3) is 0 Å². The summed E-state index contributed by atoms with van der Waals surface area (Å²) in [5, 5.41) is 9.40. The van der Waals surface area contributed by atoms with Crippen molar-refractivity contribution < 1.29 is 14.5 Å². The normalized spacial score (nSPS) is 13.4. The standard InChI is InChI=1S/C15H14N2O2/c18-13-5-3-8-16(10-13)11-15(19)17-9-7-12-4-1-2-6-14(12)17/h1-6,8,10H,7,9,11H2/p+1. The predicted molar refractivity (Wildman–Crippen MR) is 70.8 cm³/mol. The quantitative estimate of drug-likeness (QED) is 0.821. The van der Waals surface area contributed by atoms with E-state index in [0.717, 1.165) is 18.7 Å². The minimum Gasteiger partial charge on any atom is -0.503 e. The number of hydrogen-bond acceptors (Lipinski definition) is 2. The number of amides is 1. The van der Waals surface area contributed by atoms with E-state index < -0.39 is 0 Å². The number of aromatic nitrogens is 1. The van der Waals surface area contributed by atoms with E-state index >= 15 is 0 Å². The first-order valence-corrected chi connectivity index (χ1v) is 6.30. The molecule has 96 valence electrons. The minimum absolute atomic E-state index is 0.0422. The number of anilines is 1. The summed E-state index contributed by atoms with van der Waals surface area (Å²) in [5.41, 5.74) is 2.23. The number of fused-ring (bicyclic) bond motifs is 1. The highest BCUT2D eigenvalue weighted by Gasteiger charge is 2.26. The van der Waals surface area contributed by atoms with E-state index in [1.54, 1.807) is 29.1 Å². The van der Waals surface area contributed by atoms with Gasteiger partial charge in [-0.15, -0.1) is 0 Å². The van der Waals surface area contributed by atoms with Crippen LogP contribution >= 0.6 is 0 Å². The lowest BCUT2D eigenvalue weighted by molar-refractivity contribution is -0.684. The van der Waals surface area contributed by atoms with Crippen LogP contribution in [0.1, 0.15) is 5.56 Å². The van der Waals surface area contributed by atoms with Crippen molar-refractivity contribution in [2.24, 2.45) is 0 Å². The smallest absolute Gasteiger partial charge is 0.292 e. The van der Waals surface area contributed by atoms with Crippen LogP contribution in [0.3, 0.4) is 0 Å². The summed E-state index contributed by atoms with van der Waals surface area (Å²) in [5.74, 6) is 0.206. The third kappa shape index (κ3) is 2.29. The fraction of sp³-hybridized carbons (Fsp3) is 0.200. The van der Waals surface area contributed by atoms with Gasteiger partial charge in [0.25, 0.3) is 5.91 Å². The first-order chi connectivity index (χ1) is 9.24. The van der Waals surface area contributed by atoms with Crippen LogP contribution < -0.4 is 9.47 Å². The molecular weight excluding hydrogens is 240 g/mol. The molecule has 0 aliphatic carbocycles. The second kappa shape index (κ2) is 4.72. The van der Waals surface area contributed by atoms with Crippen LogP contribution in [-0.2, 0) is 17.8 Å². The van der Waals surface area contributed by atoms with E-state index in [1.807, 2.05) is 23.1 Å². The first-order valence-electron chi connectivity index (χ1n) is 6.30. The molecule has 2 aromatic rings. The largest absolute Gasteiger partial charge is 0.503 e. The lowest BCUT2D eigenvalue weighted by Gasteiger charge is -2.15. The van der Waals surface area contributed by atoms with Crippen molar-refractivity contribution in [3.8, 4) is 5.75 Å². The predicted octanol–water partition coefficient (Wildman–Crippen LogP) is 1.27. The minimum atomic E-state index is 0.0422. The Hall–Kier alpha value is -2.36. The van der Waals surface area contributed by atoms with Gasteiger partial charge in [-0.1, -0.05) is 18.2 Å². The lowest BCUT2D eigenvalue weighted by atomic mass is 10.2. The molecular formula is C15H15N2O2+. The Morgan fingerprint density at radius 1 is 1.26 bits per heavy atom.